The van der Waals surface area contributed by atoms with Crippen LogP contribution in [0.5, 0.6) is 5.75 Å². The third-order valence-electron chi connectivity index (χ3n) is 4.03. The van der Waals surface area contributed by atoms with E-state index in [1.165, 1.54) is 12.3 Å². The van der Waals surface area contributed by atoms with Crippen LogP contribution in [0.1, 0.15) is 47.8 Å². The number of carboxylic acid groups (broad SMARTS) is 1. The van der Waals surface area contributed by atoms with Crippen LogP contribution >= 0.6 is 0 Å². The number of pyridine rings is 1. The van der Waals surface area contributed by atoms with Crippen molar-refractivity contribution in [2.75, 3.05) is 0 Å². The number of hydrogen-bond donors (Lipinski definition) is 4. The molecule has 0 bridgehead atoms. The van der Waals surface area contributed by atoms with Crippen molar-refractivity contribution >= 4 is 17.6 Å². The zero-order chi connectivity index (χ0) is 20.0. The molecule has 1 unspecified atom stereocenters. The van der Waals surface area contributed by atoms with Crippen molar-refractivity contribution in [3.63, 3.8) is 0 Å². The second-order valence-corrected chi connectivity index (χ2v) is 6.45. The molecule has 2 amide bonds. The zero-order valence-electron chi connectivity index (χ0n) is 15.3. The first-order valence-electron chi connectivity index (χ1n) is 8.46. The standard InChI is InChI=1S/C20H23N3O4/c1-12(2)15-8-16(11-21-10-15)19(25)23-18(7-13(3)22-20(26)27)14-5-4-6-17(24)9-14/h4-6,8-11,13,18,22,24H,1,7H2,2-3H3,(H,23,25)(H,26,27)/t13-,18?/m0/s1. The minimum Gasteiger partial charge on any atom is -0.508 e. The summed E-state index contributed by atoms with van der Waals surface area (Å²) in [5.41, 5.74) is 2.60. The smallest absolute Gasteiger partial charge is 0.404 e. The van der Waals surface area contributed by atoms with Gasteiger partial charge in [0.1, 0.15) is 5.75 Å². The highest BCUT2D eigenvalue weighted by molar-refractivity contribution is 5.94. The Morgan fingerprint density at radius 3 is 2.52 bits per heavy atom. The van der Waals surface area contributed by atoms with Crippen LogP contribution in [0.2, 0.25) is 0 Å². The molecular weight excluding hydrogens is 346 g/mol. The van der Waals surface area contributed by atoms with Crippen molar-refractivity contribution in [2.45, 2.75) is 32.4 Å². The molecule has 2 rings (SSSR count). The molecule has 7 heteroatoms. The fourth-order valence-electron chi connectivity index (χ4n) is 2.68. The molecule has 0 fully saturated rings. The van der Waals surface area contributed by atoms with Crippen molar-refractivity contribution in [1.29, 1.82) is 0 Å². The minimum absolute atomic E-state index is 0.0662. The molecule has 2 aromatic rings. The summed E-state index contributed by atoms with van der Waals surface area (Å²) in [7, 11) is 0. The van der Waals surface area contributed by atoms with Crippen molar-refractivity contribution in [2.24, 2.45) is 0 Å². The predicted octanol–water partition coefficient (Wildman–Crippen LogP) is 3.34. The van der Waals surface area contributed by atoms with Gasteiger partial charge in [-0.15, -0.1) is 0 Å². The highest BCUT2D eigenvalue weighted by Gasteiger charge is 2.20. The van der Waals surface area contributed by atoms with E-state index < -0.39 is 18.2 Å². The monoisotopic (exact) mass is 369 g/mol. The summed E-state index contributed by atoms with van der Waals surface area (Å²) < 4.78 is 0. The molecule has 0 aliphatic carbocycles. The number of aromatic hydroxyl groups is 1. The third kappa shape index (κ3) is 5.85. The molecular formula is C20H23N3O4. The number of rotatable bonds is 7. The first-order chi connectivity index (χ1) is 12.8. The number of hydrogen-bond acceptors (Lipinski definition) is 4. The molecule has 1 aromatic heterocycles. The van der Waals surface area contributed by atoms with Crippen LogP contribution in [0.4, 0.5) is 4.79 Å². The van der Waals surface area contributed by atoms with Gasteiger partial charge in [0.25, 0.3) is 5.91 Å². The molecule has 0 aliphatic rings. The van der Waals surface area contributed by atoms with Crippen LogP contribution in [0, 0.1) is 0 Å². The van der Waals surface area contributed by atoms with E-state index in [1.54, 1.807) is 37.4 Å². The second-order valence-electron chi connectivity index (χ2n) is 6.45. The first-order valence-corrected chi connectivity index (χ1v) is 8.46. The Morgan fingerprint density at radius 2 is 1.89 bits per heavy atom. The zero-order valence-corrected chi connectivity index (χ0v) is 15.3. The molecule has 1 heterocycles. The van der Waals surface area contributed by atoms with E-state index in [0.717, 1.165) is 11.1 Å². The van der Waals surface area contributed by atoms with E-state index in [0.29, 0.717) is 17.5 Å². The van der Waals surface area contributed by atoms with E-state index in [4.69, 9.17) is 5.11 Å². The normalized spacial score (nSPS) is 12.7. The second kappa shape index (κ2) is 8.84. The number of nitrogens with zero attached hydrogens (tertiary/aromatic N) is 1. The van der Waals surface area contributed by atoms with E-state index in [2.05, 4.69) is 22.2 Å². The quantitative estimate of drug-likeness (QED) is 0.598. The lowest BCUT2D eigenvalue weighted by Gasteiger charge is -2.23. The lowest BCUT2D eigenvalue weighted by atomic mass is 9.99. The highest BCUT2D eigenvalue weighted by atomic mass is 16.4. The van der Waals surface area contributed by atoms with E-state index in [-0.39, 0.29) is 11.7 Å². The maximum absolute atomic E-state index is 12.7. The molecule has 142 valence electrons. The number of phenols is 1. The largest absolute Gasteiger partial charge is 0.508 e. The van der Waals surface area contributed by atoms with Crippen LogP contribution in [-0.2, 0) is 0 Å². The molecule has 0 spiro atoms. The summed E-state index contributed by atoms with van der Waals surface area (Å²) >= 11 is 0. The predicted molar refractivity (Wildman–Crippen MR) is 102 cm³/mol. The Morgan fingerprint density at radius 1 is 1.19 bits per heavy atom. The minimum atomic E-state index is -1.14. The average Bonchev–Trinajstić information content (AvgIpc) is 2.60. The number of amides is 2. The maximum atomic E-state index is 12.7. The van der Waals surface area contributed by atoms with Gasteiger partial charge in [0, 0.05) is 18.4 Å². The van der Waals surface area contributed by atoms with Crippen LogP contribution < -0.4 is 10.6 Å². The van der Waals surface area contributed by atoms with Crippen molar-refractivity contribution in [1.82, 2.24) is 15.6 Å². The topological polar surface area (TPSA) is 112 Å². The van der Waals surface area contributed by atoms with Crippen LogP contribution in [0.3, 0.4) is 0 Å². The number of aromatic nitrogens is 1. The van der Waals surface area contributed by atoms with E-state index >= 15 is 0 Å². The van der Waals surface area contributed by atoms with Crippen molar-refractivity contribution < 1.29 is 19.8 Å². The molecule has 1 aromatic carbocycles. The fourth-order valence-corrected chi connectivity index (χ4v) is 2.68. The number of allylic oxidation sites excluding steroid dienone is 1. The van der Waals surface area contributed by atoms with Gasteiger partial charge < -0.3 is 20.8 Å². The van der Waals surface area contributed by atoms with Gasteiger partial charge in [-0.1, -0.05) is 18.7 Å². The molecule has 27 heavy (non-hydrogen) atoms. The number of nitrogens with one attached hydrogen (secondary N) is 2. The summed E-state index contributed by atoms with van der Waals surface area (Å²) in [6.07, 6.45) is 2.27. The molecule has 4 N–H and O–H groups in total. The van der Waals surface area contributed by atoms with Gasteiger partial charge in [0.15, 0.2) is 0 Å². The van der Waals surface area contributed by atoms with Crippen molar-refractivity contribution in [3.8, 4) is 5.75 Å². The summed E-state index contributed by atoms with van der Waals surface area (Å²) in [5.74, 6) is -0.280. The van der Waals surface area contributed by atoms with E-state index in [9.17, 15) is 14.7 Å². The van der Waals surface area contributed by atoms with Crippen LogP contribution in [0.25, 0.3) is 5.57 Å². The first kappa shape index (κ1) is 20.0. The maximum Gasteiger partial charge on any atom is 0.404 e. The van der Waals surface area contributed by atoms with Gasteiger partial charge in [-0.3, -0.25) is 9.78 Å². The van der Waals surface area contributed by atoms with Crippen molar-refractivity contribution in [3.05, 3.63) is 66.0 Å². The molecule has 7 nitrogen and oxygen atoms in total. The van der Waals surface area contributed by atoms with Gasteiger partial charge in [-0.2, -0.15) is 0 Å². The molecule has 0 aliphatic heterocycles. The lowest BCUT2D eigenvalue weighted by molar-refractivity contribution is 0.0932. The van der Waals surface area contributed by atoms with Gasteiger partial charge >= 0.3 is 6.09 Å². The summed E-state index contributed by atoms with van der Waals surface area (Å²) in [5, 5.41) is 23.9. The van der Waals surface area contributed by atoms with Crippen LogP contribution in [-0.4, -0.2) is 33.2 Å². The highest BCUT2D eigenvalue weighted by Crippen LogP contribution is 2.23. The Labute approximate surface area is 157 Å². The lowest BCUT2D eigenvalue weighted by Crippen LogP contribution is -2.37. The molecule has 0 saturated carbocycles. The van der Waals surface area contributed by atoms with Gasteiger partial charge in [0.05, 0.1) is 11.6 Å². The van der Waals surface area contributed by atoms with Gasteiger partial charge in [-0.05, 0) is 55.2 Å². The van der Waals surface area contributed by atoms with E-state index in [1.807, 2.05) is 6.92 Å². The van der Waals surface area contributed by atoms with Crippen LogP contribution in [0.15, 0.2) is 49.3 Å². The Hall–Kier alpha value is -3.35. The van der Waals surface area contributed by atoms with Gasteiger partial charge in [-0.25, -0.2) is 4.79 Å². The number of benzene rings is 1. The number of carbonyl (C=O) groups is 2. The Balaban J connectivity index is 2.25. The van der Waals surface area contributed by atoms with Gasteiger partial charge in [0.2, 0.25) is 0 Å². The third-order valence-corrected chi connectivity index (χ3v) is 4.03. The number of carbonyl (C=O) groups excluding carboxylic acids is 1. The molecule has 2 atom stereocenters. The Kier molecular flexibility index (Phi) is 6.54. The number of phenolic OH excluding ortho intramolecular Hbond substituents is 1. The summed E-state index contributed by atoms with van der Waals surface area (Å²) in [4.78, 5) is 27.7. The fraction of sp³-hybridized carbons (Fsp3) is 0.250. The summed E-state index contributed by atoms with van der Waals surface area (Å²) in [6, 6.07) is 7.30. The SMILES string of the molecule is C=C(C)c1cncc(C(=O)NC(C[C@H](C)NC(=O)O)c2cccc(O)c2)c1. The average molecular weight is 369 g/mol. The Bertz CT molecular complexity index is 851. The molecule has 0 saturated heterocycles. The summed E-state index contributed by atoms with van der Waals surface area (Å²) in [6.45, 7) is 7.38. The molecule has 0 radical (unpaired) electrons.